The summed E-state index contributed by atoms with van der Waals surface area (Å²) in [5.74, 6) is -0.635. The van der Waals surface area contributed by atoms with Crippen LogP contribution in [0.4, 0.5) is 0 Å². The summed E-state index contributed by atoms with van der Waals surface area (Å²) in [6.07, 6.45) is 0.249. The third kappa shape index (κ3) is 17.4. The standard InChI is InChI=1S/C26H52O16P2/c1-2-3-4-5-6-7-8-9-10-11-12-13-14-15-20(28)40-19(16-38-18-27)17-39-44(36,37)42-26-23(31)21(29)22(30)25(24(26)32)41-43(33,34)35/h19,21-27,29-32H,2-18H2,1H3,(H,36,37)(H2,33,34,35)/t19-,21+,22+,23?,24-,25?,26?/m0/s1. The summed E-state index contributed by atoms with van der Waals surface area (Å²) in [6, 6.07) is 0. The number of rotatable bonds is 25. The van der Waals surface area contributed by atoms with Crippen LogP contribution in [0.5, 0.6) is 0 Å². The highest BCUT2D eigenvalue weighted by Crippen LogP contribution is 2.48. The first-order valence-corrected chi connectivity index (χ1v) is 18.2. The number of esters is 1. The molecule has 4 unspecified atom stereocenters. The molecular weight excluding hydrogens is 630 g/mol. The molecule has 0 bridgehead atoms. The van der Waals surface area contributed by atoms with Gasteiger partial charge in [-0.15, -0.1) is 0 Å². The molecule has 1 fully saturated rings. The normalized spacial score (nSPS) is 26.3. The van der Waals surface area contributed by atoms with Crippen molar-refractivity contribution in [3.63, 3.8) is 0 Å². The molecule has 1 rings (SSSR count). The van der Waals surface area contributed by atoms with Crippen LogP contribution in [-0.2, 0) is 37.0 Å². The van der Waals surface area contributed by atoms with E-state index < -0.39 is 84.3 Å². The number of carbonyl (C=O) groups is 1. The van der Waals surface area contributed by atoms with E-state index in [1.54, 1.807) is 0 Å². The number of hydrogen-bond acceptors (Lipinski definition) is 13. The van der Waals surface area contributed by atoms with E-state index in [9.17, 15) is 39.2 Å². The minimum Gasteiger partial charge on any atom is -0.457 e. The average molecular weight is 683 g/mol. The van der Waals surface area contributed by atoms with Crippen molar-refractivity contribution in [2.45, 2.75) is 140 Å². The zero-order chi connectivity index (χ0) is 33.2. The van der Waals surface area contributed by atoms with Gasteiger partial charge in [-0.3, -0.25) is 18.4 Å². The molecule has 1 aliphatic carbocycles. The average Bonchev–Trinajstić information content (AvgIpc) is 2.95. The Kier molecular flexibility index (Phi) is 20.8. The molecule has 0 heterocycles. The van der Waals surface area contributed by atoms with Gasteiger partial charge in [-0.25, -0.2) is 9.13 Å². The van der Waals surface area contributed by atoms with Gasteiger partial charge in [0.2, 0.25) is 0 Å². The lowest BCUT2D eigenvalue weighted by molar-refractivity contribution is -0.216. The van der Waals surface area contributed by atoms with E-state index in [0.29, 0.717) is 6.42 Å². The summed E-state index contributed by atoms with van der Waals surface area (Å²) >= 11 is 0. The van der Waals surface area contributed by atoms with Crippen LogP contribution in [0.25, 0.3) is 0 Å². The smallest absolute Gasteiger partial charge is 0.457 e. The third-order valence-electron chi connectivity index (χ3n) is 7.16. The number of ether oxygens (including phenoxy) is 2. The Balaban J connectivity index is 2.47. The van der Waals surface area contributed by atoms with Crippen LogP contribution in [0.3, 0.4) is 0 Å². The molecule has 0 aliphatic heterocycles. The Morgan fingerprint density at radius 3 is 1.64 bits per heavy atom. The Morgan fingerprint density at radius 2 is 1.16 bits per heavy atom. The van der Waals surface area contributed by atoms with E-state index in [1.165, 1.54) is 51.4 Å². The summed E-state index contributed by atoms with van der Waals surface area (Å²) < 4.78 is 47.5. The van der Waals surface area contributed by atoms with E-state index in [4.69, 9.17) is 33.4 Å². The molecule has 1 aliphatic rings. The van der Waals surface area contributed by atoms with Gasteiger partial charge >= 0.3 is 21.6 Å². The van der Waals surface area contributed by atoms with E-state index in [1.807, 2.05) is 0 Å². The molecule has 0 radical (unpaired) electrons. The van der Waals surface area contributed by atoms with E-state index in [2.05, 4.69) is 11.4 Å². The summed E-state index contributed by atoms with van der Waals surface area (Å²) in [6.45, 7) is 0.252. The zero-order valence-corrected chi connectivity index (χ0v) is 27.1. The van der Waals surface area contributed by atoms with Crippen molar-refractivity contribution in [3.05, 3.63) is 0 Å². The zero-order valence-electron chi connectivity index (χ0n) is 25.3. The highest BCUT2D eigenvalue weighted by Gasteiger charge is 2.54. The van der Waals surface area contributed by atoms with Crippen LogP contribution in [0.1, 0.15) is 96.8 Å². The fraction of sp³-hybridized carbons (Fsp3) is 0.962. The second-order valence-electron chi connectivity index (χ2n) is 11.0. The maximum Gasteiger partial charge on any atom is 0.472 e. The first-order chi connectivity index (χ1) is 20.7. The minimum absolute atomic E-state index is 0.0717. The van der Waals surface area contributed by atoms with Gasteiger partial charge in [-0.05, 0) is 6.42 Å². The SMILES string of the molecule is CCCCCCCCCCCCCCCC(=O)O[C@@H](COCO)COP(=O)(O)OC1C(O)[C@H](O)[C@@H](O)C(OP(=O)(O)O)[C@@H]1O. The quantitative estimate of drug-likeness (QED) is 0.0295. The summed E-state index contributed by atoms with van der Waals surface area (Å²) in [5.41, 5.74) is 0. The van der Waals surface area contributed by atoms with Crippen molar-refractivity contribution in [2.24, 2.45) is 0 Å². The van der Waals surface area contributed by atoms with Crippen LogP contribution in [-0.4, -0.2) is 109 Å². The van der Waals surface area contributed by atoms with Crippen molar-refractivity contribution in [2.75, 3.05) is 20.0 Å². The van der Waals surface area contributed by atoms with Gasteiger partial charge in [0.25, 0.3) is 0 Å². The second kappa shape index (κ2) is 22.1. The third-order valence-corrected chi connectivity index (χ3v) is 8.66. The van der Waals surface area contributed by atoms with Gasteiger partial charge in [0.15, 0.2) is 0 Å². The largest absolute Gasteiger partial charge is 0.472 e. The predicted molar refractivity (Wildman–Crippen MR) is 155 cm³/mol. The van der Waals surface area contributed by atoms with Gasteiger partial charge in [0.05, 0.1) is 13.2 Å². The number of unbranched alkanes of at least 4 members (excludes halogenated alkanes) is 12. The van der Waals surface area contributed by atoms with Gasteiger partial charge in [0, 0.05) is 6.42 Å². The first kappa shape index (κ1) is 41.5. The molecular formula is C26H52O16P2. The molecule has 0 aromatic carbocycles. The fourth-order valence-electron chi connectivity index (χ4n) is 4.78. The molecule has 0 spiro atoms. The number of carbonyl (C=O) groups excluding carboxylic acids is 1. The predicted octanol–water partition coefficient (Wildman–Crippen LogP) is 1.78. The number of aliphatic hydroxyl groups is 5. The number of aliphatic hydroxyl groups excluding tert-OH is 5. The summed E-state index contributed by atoms with van der Waals surface area (Å²) in [5, 5.41) is 49.3. The van der Waals surface area contributed by atoms with E-state index in [0.717, 1.165) is 25.7 Å². The van der Waals surface area contributed by atoms with Crippen molar-refractivity contribution in [3.8, 4) is 0 Å². The van der Waals surface area contributed by atoms with Crippen molar-refractivity contribution < 1.29 is 77.2 Å². The van der Waals surface area contributed by atoms with Gasteiger partial charge in [0.1, 0.15) is 49.5 Å². The second-order valence-corrected chi connectivity index (χ2v) is 13.6. The monoisotopic (exact) mass is 682 g/mol. The van der Waals surface area contributed by atoms with Crippen LogP contribution < -0.4 is 0 Å². The van der Waals surface area contributed by atoms with E-state index in [-0.39, 0.29) is 6.42 Å². The Hall–Kier alpha value is -0.550. The molecule has 0 amide bonds. The lowest BCUT2D eigenvalue weighted by atomic mass is 9.85. The Morgan fingerprint density at radius 1 is 0.682 bits per heavy atom. The molecule has 0 aromatic heterocycles. The maximum absolute atomic E-state index is 12.5. The van der Waals surface area contributed by atoms with Crippen LogP contribution in [0.2, 0.25) is 0 Å². The first-order valence-electron chi connectivity index (χ1n) is 15.2. The van der Waals surface area contributed by atoms with Crippen molar-refractivity contribution in [1.82, 2.24) is 0 Å². The van der Waals surface area contributed by atoms with Crippen LogP contribution in [0, 0.1) is 0 Å². The molecule has 0 saturated heterocycles. The molecule has 1 saturated carbocycles. The molecule has 44 heavy (non-hydrogen) atoms. The minimum atomic E-state index is -5.32. The van der Waals surface area contributed by atoms with Gasteiger partial charge in [-0.1, -0.05) is 84.0 Å². The maximum atomic E-state index is 12.5. The Labute approximate surface area is 258 Å². The molecule has 8 atom stereocenters. The molecule has 0 aromatic rings. The highest BCUT2D eigenvalue weighted by atomic mass is 31.2. The molecule has 18 heteroatoms. The van der Waals surface area contributed by atoms with Crippen molar-refractivity contribution in [1.29, 1.82) is 0 Å². The molecule has 16 nitrogen and oxygen atoms in total. The topological polar surface area (TPSA) is 259 Å². The summed E-state index contributed by atoms with van der Waals surface area (Å²) in [4.78, 5) is 40.4. The summed E-state index contributed by atoms with van der Waals surface area (Å²) in [7, 11) is -10.5. The number of phosphoric acid groups is 2. The Bertz CT molecular complexity index is 873. The van der Waals surface area contributed by atoms with E-state index >= 15 is 0 Å². The molecule has 8 N–H and O–H groups in total. The highest BCUT2D eigenvalue weighted by molar-refractivity contribution is 7.47. The van der Waals surface area contributed by atoms with Crippen molar-refractivity contribution >= 4 is 21.6 Å². The lowest BCUT2D eigenvalue weighted by Gasteiger charge is -2.43. The number of hydrogen-bond donors (Lipinski definition) is 8. The lowest BCUT2D eigenvalue weighted by Crippen LogP contribution is -2.64. The van der Waals surface area contributed by atoms with Gasteiger partial charge in [-0.2, -0.15) is 0 Å². The van der Waals surface area contributed by atoms with Crippen LogP contribution >= 0.6 is 15.6 Å². The van der Waals surface area contributed by atoms with Crippen LogP contribution in [0.15, 0.2) is 0 Å². The number of phosphoric ester groups is 2. The fourth-order valence-corrected chi connectivity index (χ4v) is 6.32. The van der Waals surface area contributed by atoms with Gasteiger partial charge < -0.3 is 49.7 Å². The molecule has 262 valence electrons.